The standard InChI is InChI=1S/C28H29N3O3S2/c1-19-17-20(2)26-25(18-19)35-28(30-26)22-7-11-23(12-8-22)29-27(32)21-9-13-24(14-10-21)36(33,34)31-15-5-3-4-6-16-31/h7-14,17-18H,3-6,15-16H2,1-2H3,(H,29,32). The van der Waals surface area contributed by atoms with Gasteiger partial charge in [0.05, 0.1) is 15.1 Å². The van der Waals surface area contributed by atoms with Crippen LogP contribution in [0.25, 0.3) is 20.8 Å². The molecule has 1 aliphatic rings. The first-order valence-electron chi connectivity index (χ1n) is 12.2. The number of hydrogen-bond acceptors (Lipinski definition) is 5. The van der Waals surface area contributed by atoms with Crippen LogP contribution in [0.3, 0.4) is 0 Å². The Morgan fingerprint density at radius 3 is 2.25 bits per heavy atom. The Balaban J connectivity index is 1.28. The molecule has 1 amide bonds. The van der Waals surface area contributed by atoms with Gasteiger partial charge in [-0.25, -0.2) is 13.4 Å². The van der Waals surface area contributed by atoms with E-state index in [1.165, 1.54) is 28.0 Å². The van der Waals surface area contributed by atoms with Crippen LogP contribution in [0, 0.1) is 13.8 Å². The molecule has 186 valence electrons. The molecular weight excluding hydrogens is 490 g/mol. The molecule has 1 aliphatic heterocycles. The van der Waals surface area contributed by atoms with Crippen molar-refractivity contribution in [1.29, 1.82) is 0 Å². The van der Waals surface area contributed by atoms with Gasteiger partial charge in [-0.2, -0.15) is 4.31 Å². The number of rotatable bonds is 5. The van der Waals surface area contributed by atoms with Crippen molar-refractivity contribution >= 4 is 43.2 Å². The highest BCUT2D eigenvalue weighted by atomic mass is 32.2. The van der Waals surface area contributed by atoms with Crippen molar-refractivity contribution in [3.05, 3.63) is 77.4 Å². The van der Waals surface area contributed by atoms with E-state index in [1.807, 2.05) is 24.3 Å². The number of carbonyl (C=O) groups is 1. The van der Waals surface area contributed by atoms with Gasteiger partial charge in [0.25, 0.3) is 5.91 Å². The monoisotopic (exact) mass is 519 g/mol. The molecule has 0 bridgehead atoms. The van der Waals surface area contributed by atoms with Gasteiger partial charge in [-0.15, -0.1) is 11.3 Å². The number of carbonyl (C=O) groups excluding carboxylic acids is 1. The molecule has 2 heterocycles. The normalized spacial score (nSPS) is 15.1. The topological polar surface area (TPSA) is 79.4 Å². The lowest BCUT2D eigenvalue weighted by molar-refractivity contribution is 0.102. The van der Waals surface area contributed by atoms with E-state index in [2.05, 4.69) is 31.3 Å². The fourth-order valence-corrected chi connectivity index (χ4v) is 7.27. The Bertz CT molecular complexity index is 1500. The van der Waals surface area contributed by atoms with Crippen LogP contribution in [0.1, 0.15) is 47.2 Å². The largest absolute Gasteiger partial charge is 0.322 e. The maximum Gasteiger partial charge on any atom is 0.255 e. The van der Waals surface area contributed by atoms with Crippen LogP contribution in [-0.2, 0) is 10.0 Å². The van der Waals surface area contributed by atoms with Crippen molar-refractivity contribution in [3.8, 4) is 10.6 Å². The number of anilines is 1. The number of nitrogens with one attached hydrogen (secondary N) is 1. The molecule has 4 aromatic rings. The minimum absolute atomic E-state index is 0.228. The van der Waals surface area contributed by atoms with Crippen LogP contribution in [-0.4, -0.2) is 36.7 Å². The van der Waals surface area contributed by atoms with E-state index in [4.69, 9.17) is 4.98 Å². The van der Waals surface area contributed by atoms with Gasteiger partial charge in [-0.05, 0) is 92.4 Å². The van der Waals surface area contributed by atoms with E-state index in [0.717, 1.165) is 41.8 Å². The van der Waals surface area contributed by atoms with Crippen molar-refractivity contribution in [2.45, 2.75) is 44.4 Å². The third kappa shape index (κ3) is 5.07. The summed E-state index contributed by atoms with van der Waals surface area (Å²) < 4.78 is 28.7. The molecule has 0 unspecified atom stereocenters. The molecule has 8 heteroatoms. The molecule has 3 aromatic carbocycles. The Morgan fingerprint density at radius 2 is 1.58 bits per heavy atom. The van der Waals surface area contributed by atoms with Crippen LogP contribution in [0.2, 0.25) is 0 Å². The zero-order valence-electron chi connectivity index (χ0n) is 20.5. The Hall–Kier alpha value is -3.07. The lowest BCUT2D eigenvalue weighted by atomic mass is 10.1. The molecular formula is C28H29N3O3S2. The number of benzene rings is 3. The Labute approximate surface area is 216 Å². The second kappa shape index (κ2) is 10.1. The number of sulfonamides is 1. The average molecular weight is 520 g/mol. The molecule has 1 aromatic heterocycles. The van der Waals surface area contributed by atoms with Crippen molar-refractivity contribution in [1.82, 2.24) is 9.29 Å². The third-order valence-corrected chi connectivity index (χ3v) is 9.50. The molecule has 0 radical (unpaired) electrons. The number of nitrogens with zero attached hydrogens (tertiary/aromatic N) is 2. The molecule has 0 aliphatic carbocycles. The summed E-state index contributed by atoms with van der Waals surface area (Å²) >= 11 is 1.66. The number of fused-ring (bicyclic) bond motifs is 1. The maximum atomic E-state index is 13.0. The van der Waals surface area contributed by atoms with Crippen LogP contribution >= 0.6 is 11.3 Å². The summed E-state index contributed by atoms with van der Waals surface area (Å²) in [6, 6.07) is 18.1. The van der Waals surface area contributed by atoms with Gasteiger partial charge in [0.2, 0.25) is 10.0 Å². The molecule has 6 nitrogen and oxygen atoms in total. The molecule has 36 heavy (non-hydrogen) atoms. The average Bonchev–Trinajstić information content (AvgIpc) is 3.10. The first-order valence-corrected chi connectivity index (χ1v) is 14.5. The van der Waals surface area contributed by atoms with Crippen molar-refractivity contribution in [2.75, 3.05) is 18.4 Å². The van der Waals surface area contributed by atoms with E-state index in [1.54, 1.807) is 27.8 Å². The highest BCUT2D eigenvalue weighted by Gasteiger charge is 2.25. The van der Waals surface area contributed by atoms with Gasteiger partial charge in [0.1, 0.15) is 5.01 Å². The van der Waals surface area contributed by atoms with Gasteiger partial charge < -0.3 is 5.32 Å². The van der Waals surface area contributed by atoms with Gasteiger partial charge in [-0.3, -0.25) is 4.79 Å². The fourth-order valence-electron chi connectivity index (χ4n) is 4.60. The van der Waals surface area contributed by atoms with Crippen LogP contribution in [0.15, 0.2) is 65.6 Å². The number of hydrogen-bond donors (Lipinski definition) is 1. The van der Waals surface area contributed by atoms with Crippen molar-refractivity contribution in [2.24, 2.45) is 0 Å². The minimum Gasteiger partial charge on any atom is -0.322 e. The van der Waals surface area contributed by atoms with Gasteiger partial charge in [0, 0.05) is 29.9 Å². The lowest BCUT2D eigenvalue weighted by Gasteiger charge is -2.20. The van der Waals surface area contributed by atoms with E-state index in [0.29, 0.717) is 24.3 Å². The minimum atomic E-state index is -3.54. The molecule has 0 spiro atoms. The summed E-state index contributed by atoms with van der Waals surface area (Å²) in [5.41, 5.74) is 5.49. The lowest BCUT2D eigenvalue weighted by Crippen LogP contribution is -2.31. The Morgan fingerprint density at radius 1 is 0.917 bits per heavy atom. The summed E-state index contributed by atoms with van der Waals surface area (Å²) in [6.07, 6.45) is 3.89. The predicted molar refractivity (Wildman–Crippen MR) is 146 cm³/mol. The van der Waals surface area contributed by atoms with E-state index >= 15 is 0 Å². The van der Waals surface area contributed by atoms with Crippen LogP contribution in [0.5, 0.6) is 0 Å². The summed E-state index contributed by atoms with van der Waals surface area (Å²) in [7, 11) is -3.54. The number of amides is 1. The number of aromatic nitrogens is 1. The van der Waals surface area contributed by atoms with E-state index < -0.39 is 10.0 Å². The smallest absolute Gasteiger partial charge is 0.255 e. The first kappa shape index (κ1) is 24.6. The zero-order chi connectivity index (χ0) is 25.3. The molecule has 1 fully saturated rings. The fraction of sp³-hybridized carbons (Fsp3) is 0.286. The van der Waals surface area contributed by atoms with Gasteiger partial charge in [0.15, 0.2) is 0 Å². The summed E-state index contributed by atoms with van der Waals surface area (Å²) in [5.74, 6) is -0.285. The number of aryl methyl sites for hydroxylation is 2. The Kier molecular flexibility index (Phi) is 6.92. The second-order valence-corrected chi connectivity index (χ2v) is 12.3. The van der Waals surface area contributed by atoms with E-state index in [9.17, 15) is 13.2 Å². The highest BCUT2D eigenvalue weighted by molar-refractivity contribution is 7.89. The first-order chi connectivity index (χ1) is 17.3. The van der Waals surface area contributed by atoms with Crippen LogP contribution in [0.4, 0.5) is 5.69 Å². The van der Waals surface area contributed by atoms with Crippen LogP contribution < -0.4 is 5.32 Å². The zero-order valence-corrected chi connectivity index (χ0v) is 22.1. The third-order valence-electron chi connectivity index (χ3n) is 6.54. The van der Waals surface area contributed by atoms with Gasteiger partial charge in [-0.1, -0.05) is 18.9 Å². The van der Waals surface area contributed by atoms with Crippen molar-refractivity contribution in [3.63, 3.8) is 0 Å². The second-order valence-electron chi connectivity index (χ2n) is 9.32. The SMILES string of the molecule is Cc1cc(C)c2nc(-c3ccc(NC(=O)c4ccc(S(=O)(=O)N5CCCCCC5)cc4)cc3)sc2c1. The van der Waals surface area contributed by atoms with E-state index in [-0.39, 0.29) is 10.8 Å². The predicted octanol–water partition coefficient (Wildman–Crippen LogP) is 6.40. The molecule has 0 saturated carbocycles. The molecule has 1 saturated heterocycles. The highest BCUT2D eigenvalue weighted by Crippen LogP contribution is 2.33. The summed E-state index contributed by atoms with van der Waals surface area (Å²) in [6.45, 7) is 5.27. The van der Waals surface area contributed by atoms with Gasteiger partial charge >= 0.3 is 0 Å². The molecule has 1 N–H and O–H groups in total. The summed E-state index contributed by atoms with van der Waals surface area (Å²) in [5, 5.41) is 3.84. The quantitative estimate of drug-likeness (QED) is 0.331. The number of thiazole rings is 1. The molecule has 5 rings (SSSR count). The maximum absolute atomic E-state index is 13.0. The molecule has 0 atom stereocenters. The van der Waals surface area contributed by atoms with Crippen molar-refractivity contribution < 1.29 is 13.2 Å². The summed E-state index contributed by atoms with van der Waals surface area (Å²) in [4.78, 5) is 17.8.